The molecule has 2 rings (SSSR count). The van der Waals surface area contributed by atoms with Crippen molar-refractivity contribution in [2.45, 2.75) is 13.5 Å². The van der Waals surface area contributed by atoms with E-state index in [0.717, 1.165) is 16.8 Å². The number of amides is 1. The first-order valence-corrected chi connectivity index (χ1v) is 6.53. The Labute approximate surface area is 117 Å². The van der Waals surface area contributed by atoms with Crippen molar-refractivity contribution in [3.8, 4) is 0 Å². The number of aryl methyl sites for hydroxylation is 2. The molecule has 6 nitrogen and oxygen atoms in total. The Morgan fingerprint density at radius 3 is 2.95 bits per heavy atom. The summed E-state index contributed by atoms with van der Waals surface area (Å²) in [6.07, 6.45) is 2.36. The van der Waals surface area contributed by atoms with Gasteiger partial charge in [0.15, 0.2) is 0 Å². The molecule has 6 heteroatoms. The molecule has 2 N–H and O–H groups in total. The van der Waals surface area contributed by atoms with E-state index in [4.69, 9.17) is 0 Å². The van der Waals surface area contributed by atoms with Crippen molar-refractivity contribution in [3.05, 3.63) is 29.5 Å². The van der Waals surface area contributed by atoms with Crippen LogP contribution < -0.4 is 10.6 Å². The van der Waals surface area contributed by atoms with Crippen LogP contribution in [-0.4, -0.2) is 35.6 Å². The number of fused-ring (bicyclic) bond motifs is 1. The molecule has 0 fully saturated rings. The van der Waals surface area contributed by atoms with E-state index in [0.29, 0.717) is 26.0 Å². The predicted octanol–water partition coefficient (Wildman–Crippen LogP) is 0.746. The third-order valence-corrected chi connectivity index (χ3v) is 3.05. The van der Waals surface area contributed by atoms with Gasteiger partial charge in [0.2, 0.25) is 6.41 Å². The first-order valence-electron chi connectivity index (χ1n) is 6.53. The largest absolute Gasteiger partial charge is 0.375 e. The minimum absolute atomic E-state index is 0.593. The molecule has 0 aliphatic heterocycles. The van der Waals surface area contributed by atoms with Gasteiger partial charge in [-0.3, -0.25) is 14.5 Å². The minimum Gasteiger partial charge on any atom is -0.375 e. The van der Waals surface area contributed by atoms with Crippen LogP contribution in [0, 0.1) is 6.92 Å². The number of carbonyl (C=O) groups excluding carboxylic acids is 1. The Hall–Kier alpha value is -2.37. The molecule has 0 saturated heterocycles. The summed E-state index contributed by atoms with van der Waals surface area (Å²) >= 11 is 0. The van der Waals surface area contributed by atoms with E-state index in [2.05, 4.69) is 38.9 Å². The van der Waals surface area contributed by atoms with Crippen molar-refractivity contribution < 1.29 is 4.79 Å². The summed E-state index contributed by atoms with van der Waals surface area (Å²) in [5, 5.41) is 11.2. The fraction of sp³-hybridized carbons (Fsp3) is 0.357. The van der Waals surface area contributed by atoms with Crippen LogP contribution in [0.1, 0.15) is 11.3 Å². The highest BCUT2D eigenvalue weighted by Gasteiger charge is 2.04. The predicted molar refractivity (Wildman–Crippen MR) is 79.7 cm³/mol. The number of aromatic nitrogens is 2. The van der Waals surface area contributed by atoms with Crippen molar-refractivity contribution in [3.63, 3.8) is 0 Å². The number of benzene rings is 1. The summed E-state index contributed by atoms with van der Waals surface area (Å²) < 4.78 is 1.89. The summed E-state index contributed by atoms with van der Waals surface area (Å²) in [5.74, 6) is 0. The number of carbonyl (C=O) groups is 1. The number of aliphatic imine (C=N–C) groups is 1. The number of rotatable bonds is 7. The molecule has 0 aliphatic rings. The Morgan fingerprint density at radius 1 is 1.35 bits per heavy atom. The average Bonchev–Trinajstić information content (AvgIpc) is 2.73. The van der Waals surface area contributed by atoms with Gasteiger partial charge in [-0.2, -0.15) is 5.10 Å². The third kappa shape index (κ3) is 3.34. The lowest BCUT2D eigenvalue weighted by atomic mass is 10.1. The molecule has 20 heavy (non-hydrogen) atoms. The Kier molecular flexibility index (Phi) is 4.70. The van der Waals surface area contributed by atoms with Gasteiger partial charge in [0, 0.05) is 25.5 Å². The smallest absolute Gasteiger partial charge is 0.207 e. The van der Waals surface area contributed by atoms with Gasteiger partial charge in [0.05, 0.1) is 24.1 Å². The summed E-state index contributed by atoms with van der Waals surface area (Å²) in [4.78, 5) is 14.3. The van der Waals surface area contributed by atoms with Crippen molar-refractivity contribution in [1.29, 1.82) is 0 Å². The lowest BCUT2D eigenvalue weighted by Crippen LogP contribution is -2.25. The minimum atomic E-state index is 0.593. The standard InChI is InChI=1S/C14H19N5O/c1-11-13-4-3-12(7-14(13)19(2)18-11)8-17-9-15-5-6-16-10-20/h3-4,7,9-10H,5-6,8H2,1-2H3,(H,15,17)(H,16,20). The fourth-order valence-corrected chi connectivity index (χ4v) is 2.07. The third-order valence-electron chi connectivity index (χ3n) is 3.05. The summed E-state index contributed by atoms with van der Waals surface area (Å²) in [5.41, 5.74) is 3.31. The van der Waals surface area contributed by atoms with E-state index < -0.39 is 0 Å². The van der Waals surface area contributed by atoms with Crippen LogP contribution in [0.4, 0.5) is 0 Å². The fourth-order valence-electron chi connectivity index (χ4n) is 2.07. The van der Waals surface area contributed by atoms with Gasteiger partial charge in [0.25, 0.3) is 0 Å². The van der Waals surface area contributed by atoms with Crippen molar-refractivity contribution >= 4 is 23.7 Å². The highest BCUT2D eigenvalue weighted by atomic mass is 16.1. The summed E-state index contributed by atoms with van der Waals surface area (Å²) in [6, 6.07) is 6.27. The molecule has 1 amide bonds. The number of nitrogens with zero attached hydrogens (tertiary/aromatic N) is 3. The quantitative estimate of drug-likeness (QED) is 0.338. The maximum atomic E-state index is 10.0. The van der Waals surface area contributed by atoms with Crippen molar-refractivity contribution in [2.24, 2.45) is 12.0 Å². The maximum Gasteiger partial charge on any atom is 0.207 e. The van der Waals surface area contributed by atoms with Crippen molar-refractivity contribution in [1.82, 2.24) is 20.4 Å². The molecule has 2 aromatic rings. The Bertz CT molecular complexity index is 617. The van der Waals surface area contributed by atoms with E-state index in [1.54, 1.807) is 6.34 Å². The monoisotopic (exact) mass is 273 g/mol. The van der Waals surface area contributed by atoms with Gasteiger partial charge in [-0.1, -0.05) is 12.1 Å². The topological polar surface area (TPSA) is 71.3 Å². The van der Waals surface area contributed by atoms with Crippen molar-refractivity contribution in [2.75, 3.05) is 13.1 Å². The second-order valence-electron chi connectivity index (χ2n) is 4.56. The molecule has 0 radical (unpaired) electrons. The van der Waals surface area contributed by atoms with E-state index >= 15 is 0 Å². The zero-order chi connectivity index (χ0) is 14.4. The van der Waals surface area contributed by atoms with Crippen LogP contribution in [0.5, 0.6) is 0 Å². The van der Waals surface area contributed by atoms with Crippen LogP contribution in [-0.2, 0) is 18.4 Å². The second kappa shape index (κ2) is 6.70. The SMILES string of the molecule is Cc1nn(C)c2cc(CN=CNCCNC=O)ccc12. The molecule has 1 heterocycles. The van der Waals surface area contributed by atoms with Crippen LogP contribution in [0.25, 0.3) is 10.9 Å². The Morgan fingerprint density at radius 2 is 2.15 bits per heavy atom. The number of hydrogen-bond acceptors (Lipinski definition) is 3. The molecular weight excluding hydrogens is 254 g/mol. The van der Waals surface area contributed by atoms with E-state index in [-0.39, 0.29) is 0 Å². The molecule has 0 saturated carbocycles. The highest BCUT2D eigenvalue weighted by molar-refractivity contribution is 5.82. The van der Waals surface area contributed by atoms with Crippen LogP contribution in [0.2, 0.25) is 0 Å². The second-order valence-corrected chi connectivity index (χ2v) is 4.56. The van der Waals surface area contributed by atoms with Gasteiger partial charge in [0.1, 0.15) is 0 Å². The van der Waals surface area contributed by atoms with Crippen LogP contribution in [0.3, 0.4) is 0 Å². The van der Waals surface area contributed by atoms with E-state index in [1.807, 2.05) is 18.7 Å². The zero-order valence-electron chi connectivity index (χ0n) is 11.8. The molecule has 1 aromatic heterocycles. The lowest BCUT2D eigenvalue weighted by Gasteiger charge is -2.00. The highest BCUT2D eigenvalue weighted by Crippen LogP contribution is 2.19. The summed E-state index contributed by atoms with van der Waals surface area (Å²) in [7, 11) is 1.95. The van der Waals surface area contributed by atoms with Gasteiger partial charge in [-0.25, -0.2) is 0 Å². The molecule has 106 valence electrons. The normalized spacial score (nSPS) is 11.1. The van der Waals surface area contributed by atoms with Gasteiger partial charge >= 0.3 is 0 Å². The maximum absolute atomic E-state index is 10.0. The molecule has 0 unspecified atom stereocenters. The lowest BCUT2D eigenvalue weighted by molar-refractivity contribution is -0.109. The van der Waals surface area contributed by atoms with Gasteiger partial charge < -0.3 is 10.6 Å². The molecule has 0 bridgehead atoms. The van der Waals surface area contributed by atoms with E-state index in [9.17, 15) is 4.79 Å². The average molecular weight is 273 g/mol. The first kappa shape index (κ1) is 14.0. The Balaban J connectivity index is 1.91. The molecule has 0 spiro atoms. The van der Waals surface area contributed by atoms with Crippen LogP contribution in [0.15, 0.2) is 23.2 Å². The molecule has 0 atom stereocenters. The van der Waals surface area contributed by atoms with Gasteiger partial charge in [-0.05, 0) is 18.6 Å². The number of hydrogen-bond donors (Lipinski definition) is 2. The first-order chi connectivity index (χ1) is 9.72. The summed E-state index contributed by atoms with van der Waals surface area (Å²) in [6.45, 7) is 3.89. The molecular formula is C14H19N5O. The zero-order valence-corrected chi connectivity index (χ0v) is 11.8. The molecule has 1 aromatic carbocycles. The van der Waals surface area contributed by atoms with E-state index in [1.165, 1.54) is 5.39 Å². The number of nitrogens with one attached hydrogen (secondary N) is 2. The van der Waals surface area contributed by atoms with Gasteiger partial charge in [-0.15, -0.1) is 0 Å². The molecule has 0 aliphatic carbocycles. The van der Waals surface area contributed by atoms with Crippen LogP contribution >= 0.6 is 0 Å².